The minimum atomic E-state index is -0.0475. The quantitative estimate of drug-likeness (QED) is 0.684. The molecule has 0 unspecified atom stereocenters. The zero-order valence-electron chi connectivity index (χ0n) is 6.85. The van der Waals surface area contributed by atoms with Crippen LogP contribution in [0.5, 0.6) is 0 Å². The van der Waals surface area contributed by atoms with Gasteiger partial charge in [0.15, 0.2) is 0 Å². The van der Waals surface area contributed by atoms with Gasteiger partial charge >= 0.3 is 0 Å². The van der Waals surface area contributed by atoms with Crippen LogP contribution in [0, 0.1) is 0 Å². The lowest BCUT2D eigenvalue weighted by Crippen LogP contribution is -2.11. The molecule has 0 aliphatic heterocycles. The molecule has 1 rings (SSSR count). The van der Waals surface area contributed by atoms with Gasteiger partial charge in [-0.05, 0) is 6.42 Å². The molecule has 0 aliphatic rings. The zero-order valence-corrected chi connectivity index (χ0v) is 6.85. The number of H-pyrrole nitrogens is 1. The first-order valence-corrected chi connectivity index (χ1v) is 3.85. The van der Waals surface area contributed by atoms with E-state index in [1.54, 1.807) is 6.07 Å². The summed E-state index contributed by atoms with van der Waals surface area (Å²) in [6, 6.07) is 1.54. The molecule has 0 radical (unpaired) electrons. The Hall–Kier alpha value is -1.12. The summed E-state index contributed by atoms with van der Waals surface area (Å²) in [5, 5.41) is 0. The van der Waals surface area contributed by atoms with Gasteiger partial charge in [-0.25, -0.2) is 4.98 Å². The second kappa shape index (κ2) is 3.32. The minimum Gasteiger partial charge on any atom is -0.311 e. The number of hydrogen-bond donors (Lipinski definition) is 1. The Morgan fingerprint density at radius 2 is 2.18 bits per heavy atom. The molecule has 0 aromatic carbocycles. The normalized spacial score (nSPS) is 10.0. The molecule has 0 fully saturated rings. The highest BCUT2D eigenvalue weighted by Crippen LogP contribution is 1.92. The number of nitrogens with one attached hydrogen (secondary N) is 1. The van der Waals surface area contributed by atoms with E-state index in [2.05, 4.69) is 9.97 Å². The maximum Gasteiger partial charge on any atom is 0.251 e. The third-order valence-electron chi connectivity index (χ3n) is 1.54. The van der Waals surface area contributed by atoms with E-state index in [0.29, 0.717) is 0 Å². The molecule has 0 saturated heterocycles. The lowest BCUT2D eigenvalue weighted by atomic mass is 10.3. The summed E-state index contributed by atoms with van der Waals surface area (Å²) in [4.78, 5) is 17.8. The minimum absolute atomic E-state index is 0.0475. The molecule has 0 aliphatic carbocycles. The predicted octanol–water partition coefficient (Wildman–Crippen LogP) is 0.895. The van der Waals surface area contributed by atoms with E-state index in [9.17, 15) is 4.79 Å². The van der Waals surface area contributed by atoms with Crippen LogP contribution in [0.1, 0.15) is 25.4 Å². The highest BCUT2D eigenvalue weighted by atomic mass is 16.1. The summed E-state index contributed by atoms with van der Waals surface area (Å²) in [7, 11) is 0. The first kappa shape index (κ1) is 7.98. The predicted molar refractivity (Wildman–Crippen MR) is 43.6 cm³/mol. The largest absolute Gasteiger partial charge is 0.311 e. The van der Waals surface area contributed by atoms with E-state index in [-0.39, 0.29) is 5.56 Å². The van der Waals surface area contributed by atoms with Crippen molar-refractivity contribution in [3.8, 4) is 0 Å². The van der Waals surface area contributed by atoms with Gasteiger partial charge in [-0.3, -0.25) is 4.79 Å². The van der Waals surface area contributed by atoms with Crippen LogP contribution < -0.4 is 5.56 Å². The maximum atomic E-state index is 10.9. The molecule has 3 nitrogen and oxygen atoms in total. The Morgan fingerprint density at radius 1 is 1.45 bits per heavy atom. The van der Waals surface area contributed by atoms with Gasteiger partial charge in [0.2, 0.25) is 0 Å². The van der Waals surface area contributed by atoms with Gasteiger partial charge in [0, 0.05) is 18.2 Å². The molecule has 60 valence electrons. The average molecular weight is 152 g/mol. The van der Waals surface area contributed by atoms with Crippen molar-refractivity contribution in [2.45, 2.75) is 26.7 Å². The summed E-state index contributed by atoms with van der Waals surface area (Å²) in [5.74, 6) is 0.773. The first-order valence-electron chi connectivity index (χ1n) is 3.85. The van der Waals surface area contributed by atoms with Gasteiger partial charge < -0.3 is 4.98 Å². The average Bonchev–Trinajstić information content (AvgIpc) is 2.03. The fourth-order valence-electron chi connectivity index (χ4n) is 0.912. The van der Waals surface area contributed by atoms with Gasteiger partial charge in [-0.15, -0.1) is 0 Å². The summed E-state index contributed by atoms with van der Waals surface area (Å²) >= 11 is 0. The van der Waals surface area contributed by atoms with Crippen molar-refractivity contribution in [3.05, 3.63) is 27.9 Å². The number of aromatic nitrogens is 2. The molecule has 0 saturated carbocycles. The summed E-state index contributed by atoms with van der Waals surface area (Å²) in [5.41, 5.74) is 0.819. The van der Waals surface area contributed by atoms with E-state index in [4.69, 9.17) is 0 Å². The third kappa shape index (κ3) is 1.90. The van der Waals surface area contributed by atoms with Gasteiger partial charge in [0.1, 0.15) is 5.82 Å². The summed E-state index contributed by atoms with van der Waals surface area (Å²) in [6.45, 7) is 3.96. The second-order valence-electron chi connectivity index (χ2n) is 2.39. The molecular formula is C8H12N2O. The third-order valence-corrected chi connectivity index (χ3v) is 1.54. The molecule has 0 amide bonds. The molecular weight excluding hydrogens is 140 g/mol. The van der Waals surface area contributed by atoms with Crippen LogP contribution in [0.25, 0.3) is 0 Å². The second-order valence-corrected chi connectivity index (χ2v) is 2.39. The first-order chi connectivity index (χ1) is 5.26. The van der Waals surface area contributed by atoms with Crippen molar-refractivity contribution >= 4 is 0 Å². The summed E-state index contributed by atoms with van der Waals surface area (Å²) < 4.78 is 0. The van der Waals surface area contributed by atoms with Gasteiger partial charge in [0.05, 0.1) is 0 Å². The Labute approximate surface area is 65.5 Å². The van der Waals surface area contributed by atoms with Crippen LogP contribution >= 0.6 is 0 Å². The lowest BCUT2D eigenvalue weighted by Gasteiger charge is -1.97. The summed E-state index contributed by atoms with van der Waals surface area (Å²) in [6.07, 6.45) is 1.60. The Kier molecular flexibility index (Phi) is 2.41. The number of nitrogens with zero attached hydrogens (tertiary/aromatic N) is 1. The number of aryl methyl sites for hydroxylation is 2. The smallest absolute Gasteiger partial charge is 0.251 e. The van der Waals surface area contributed by atoms with Crippen molar-refractivity contribution in [1.29, 1.82) is 0 Å². The standard InChI is InChI=1S/C8H12N2O/c1-3-6-5-8(11)10-7(4-2)9-6/h5H,3-4H2,1-2H3,(H,9,10,11). The van der Waals surface area contributed by atoms with Crippen molar-refractivity contribution in [2.24, 2.45) is 0 Å². The molecule has 1 heterocycles. The van der Waals surface area contributed by atoms with Crippen LogP contribution in [0.15, 0.2) is 10.9 Å². The molecule has 1 aromatic rings. The molecule has 1 aromatic heterocycles. The molecule has 11 heavy (non-hydrogen) atoms. The van der Waals surface area contributed by atoms with Crippen LogP contribution in [-0.2, 0) is 12.8 Å². The highest BCUT2D eigenvalue weighted by Gasteiger charge is 1.95. The van der Waals surface area contributed by atoms with Gasteiger partial charge in [-0.1, -0.05) is 13.8 Å². The van der Waals surface area contributed by atoms with E-state index >= 15 is 0 Å². The van der Waals surface area contributed by atoms with E-state index in [1.165, 1.54) is 0 Å². The van der Waals surface area contributed by atoms with Crippen LogP contribution in [0.2, 0.25) is 0 Å². The molecule has 0 spiro atoms. The molecule has 0 bridgehead atoms. The number of hydrogen-bond acceptors (Lipinski definition) is 2. The Balaban J connectivity index is 3.12. The van der Waals surface area contributed by atoms with Crippen molar-refractivity contribution in [2.75, 3.05) is 0 Å². The van der Waals surface area contributed by atoms with Crippen LogP contribution in [0.4, 0.5) is 0 Å². The van der Waals surface area contributed by atoms with E-state index in [1.807, 2.05) is 13.8 Å². The monoisotopic (exact) mass is 152 g/mol. The van der Waals surface area contributed by atoms with Gasteiger partial charge in [-0.2, -0.15) is 0 Å². The number of aromatic amines is 1. The molecule has 3 heteroatoms. The van der Waals surface area contributed by atoms with Crippen molar-refractivity contribution in [3.63, 3.8) is 0 Å². The van der Waals surface area contributed by atoms with Crippen molar-refractivity contribution in [1.82, 2.24) is 9.97 Å². The Morgan fingerprint density at radius 3 is 2.73 bits per heavy atom. The zero-order chi connectivity index (χ0) is 8.27. The molecule has 1 N–H and O–H groups in total. The SMILES string of the molecule is CCc1cc(=O)[nH]c(CC)n1. The Bertz CT molecular complexity index is 265. The topological polar surface area (TPSA) is 45.8 Å². The van der Waals surface area contributed by atoms with E-state index in [0.717, 1.165) is 24.4 Å². The van der Waals surface area contributed by atoms with E-state index < -0.39 is 0 Å². The van der Waals surface area contributed by atoms with Gasteiger partial charge in [0.25, 0.3) is 5.56 Å². The lowest BCUT2D eigenvalue weighted by molar-refractivity contribution is 0.871. The highest BCUT2D eigenvalue weighted by molar-refractivity contribution is 5.02. The van der Waals surface area contributed by atoms with Crippen LogP contribution in [0.3, 0.4) is 0 Å². The number of rotatable bonds is 2. The molecule has 0 atom stereocenters. The fourth-order valence-corrected chi connectivity index (χ4v) is 0.912. The van der Waals surface area contributed by atoms with Crippen molar-refractivity contribution < 1.29 is 0 Å². The van der Waals surface area contributed by atoms with Crippen LogP contribution in [-0.4, -0.2) is 9.97 Å². The maximum absolute atomic E-state index is 10.9. The fraction of sp³-hybridized carbons (Fsp3) is 0.500.